The number of nitrogens with two attached hydrogens (primary N) is 1. The summed E-state index contributed by atoms with van der Waals surface area (Å²) >= 11 is 0. The average Bonchev–Trinajstić information content (AvgIpc) is 1.85. The number of thiol groups is 1. The quantitative estimate of drug-likeness (QED) is 0.473. The fraction of sp³-hybridized carbons (Fsp3) is 0.500. The monoisotopic (exact) mass is 195 g/mol. The summed E-state index contributed by atoms with van der Waals surface area (Å²) < 4.78 is 23.5. The van der Waals surface area contributed by atoms with Crippen LogP contribution in [0, 0.1) is 0 Å². The fourth-order valence-electron chi connectivity index (χ4n) is 0.172. The Morgan fingerprint density at radius 1 is 1.58 bits per heavy atom. The Morgan fingerprint density at radius 2 is 1.92 bits per heavy atom. The van der Waals surface area contributed by atoms with Gasteiger partial charge >= 0.3 is 0 Å². The molecule has 0 bridgehead atoms. The molecule has 5 nitrogen and oxygen atoms in total. The third kappa shape index (κ3) is 22.9. The number of amides is 1. The fourth-order valence-corrected chi connectivity index (χ4v) is 0.516. The number of hydrogen-bond acceptors (Lipinski definition) is 4. The first-order valence-electron chi connectivity index (χ1n) is 3.13. The van der Waals surface area contributed by atoms with Crippen LogP contribution in [0.4, 0.5) is 0 Å². The Balaban J connectivity index is 0. The third-order valence-corrected chi connectivity index (χ3v) is 1.09. The Labute approximate surface area is 73.4 Å². The highest BCUT2D eigenvalue weighted by Gasteiger charge is 1.89. The largest absolute Gasteiger partial charge is 0.366 e. The first-order chi connectivity index (χ1) is 5.40. The Kier molecular flexibility index (Phi) is 9.38. The van der Waals surface area contributed by atoms with Crippen LogP contribution in [-0.2, 0) is 20.0 Å². The number of primary amides is 1. The summed E-state index contributed by atoms with van der Waals surface area (Å²) in [5.41, 5.74) is 4.53. The molecule has 0 rings (SSSR count). The van der Waals surface area contributed by atoms with E-state index in [0.717, 1.165) is 6.08 Å². The van der Waals surface area contributed by atoms with E-state index >= 15 is 0 Å². The molecule has 0 radical (unpaired) electrons. The molecule has 0 aliphatic rings. The van der Waals surface area contributed by atoms with Gasteiger partial charge in [-0.2, -0.15) is 0 Å². The van der Waals surface area contributed by atoms with Crippen LogP contribution in [0.3, 0.4) is 0 Å². The van der Waals surface area contributed by atoms with Crippen LogP contribution >= 0.6 is 0 Å². The standard InChI is InChI=1S/C3H5NO.C3H8O3S/c1-2-3(4)5;1-3(2)6-7(4)5/h2H,1H2,(H2,4,5);3,7H,1-2H3. The maximum Gasteiger partial charge on any atom is 0.257 e. The molecule has 6 heteroatoms. The van der Waals surface area contributed by atoms with Crippen molar-refractivity contribution in [3.63, 3.8) is 0 Å². The van der Waals surface area contributed by atoms with E-state index in [0.29, 0.717) is 0 Å². The highest BCUT2D eigenvalue weighted by Crippen LogP contribution is 1.84. The normalized spacial score (nSPS) is 9.00. The van der Waals surface area contributed by atoms with Crippen LogP contribution in [0.2, 0.25) is 0 Å². The molecule has 0 aromatic rings. The molecule has 12 heavy (non-hydrogen) atoms. The molecule has 72 valence electrons. The molecule has 1 amide bonds. The zero-order valence-corrected chi connectivity index (χ0v) is 7.91. The Bertz CT molecular complexity index is 202. The van der Waals surface area contributed by atoms with Gasteiger partial charge in [0.25, 0.3) is 11.0 Å². The molecular weight excluding hydrogens is 182 g/mol. The predicted molar refractivity (Wildman–Crippen MR) is 45.9 cm³/mol. The van der Waals surface area contributed by atoms with Gasteiger partial charge in [0.1, 0.15) is 0 Å². The van der Waals surface area contributed by atoms with Gasteiger partial charge in [0, 0.05) is 0 Å². The van der Waals surface area contributed by atoms with Gasteiger partial charge in [-0.15, -0.1) is 0 Å². The summed E-state index contributed by atoms with van der Waals surface area (Å²) in [5, 5.41) is 0. The Hall–Kier alpha value is -0.880. The SMILES string of the molecule is C=CC(N)=O.CC(C)O[SH](=O)=O. The zero-order valence-electron chi connectivity index (χ0n) is 7.02. The van der Waals surface area contributed by atoms with Crippen LogP contribution in [0.25, 0.3) is 0 Å². The topological polar surface area (TPSA) is 86.5 Å². The molecule has 0 unspecified atom stereocenters. The smallest absolute Gasteiger partial charge is 0.257 e. The summed E-state index contributed by atoms with van der Waals surface area (Å²) in [6, 6.07) is 0. The van der Waals surface area contributed by atoms with Gasteiger partial charge in [0.15, 0.2) is 0 Å². The van der Waals surface area contributed by atoms with Gasteiger partial charge in [-0.25, -0.2) is 8.42 Å². The lowest BCUT2D eigenvalue weighted by Crippen LogP contribution is -2.04. The van der Waals surface area contributed by atoms with Crippen LogP contribution < -0.4 is 5.73 Å². The summed E-state index contributed by atoms with van der Waals surface area (Å²) in [7, 11) is -2.64. The van der Waals surface area contributed by atoms with Gasteiger partial charge in [-0.3, -0.25) is 8.98 Å². The van der Waals surface area contributed by atoms with Gasteiger partial charge < -0.3 is 5.73 Å². The highest BCUT2D eigenvalue weighted by molar-refractivity contribution is 7.67. The van der Waals surface area contributed by atoms with Crippen molar-refractivity contribution in [1.82, 2.24) is 0 Å². The van der Waals surface area contributed by atoms with Gasteiger partial charge in [0.05, 0.1) is 6.10 Å². The molecule has 0 aliphatic heterocycles. The molecule has 0 saturated carbocycles. The lowest BCUT2D eigenvalue weighted by Gasteiger charge is -1.94. The van der Waals surface area contributed by atoms with Crippen molar-refractivity contribution in [1.29, 1.82) is 0 Å². The first-order valence-corrected chi connectivity index (χ1v) is 4.22. The molecule has 0 aromatic carbocycles. The number of hydrogen-bond donors (Lipinski definition) is 2. The van der Waals surface area contributed by atoms with Gasteiger partial charge in [-0.1, -0.05) is 6.58 Å². The summed E-state index contributed by atoms with van der Waals surface area (Å²) in [6.45, 7) is 6.40. The molecule has 0 heterocycles. The number of rotatable bonds is 3. The summed E-state index contributed by atoms with van der Waals surface area (Å²) in [6.07, 6.45) is 0.834. The summed E-state index contributed by atoms with van der Waals surface area (Å²) in [5.74, 6) is -0.481. The Morgan fingerprint density at radius 3 is 1.92 bits per heavy atom. The van der Waals surface area contributed by atoms with E-state index in [2.05, 4.69) is 16.5 Å². The van der Waals surface area contributed by atoms with E-state index < -0.39 is 16.9 Å². The minimum Gasteiger partial charge on any atom is -0.366 e. The third-order valence-electron chi connectivity index (χ3n) is 0.498. The van der Waals surface area contributed by atoms with E-state index in [-0.39, 0.29) is 6.10 Å². The molecule has 2 N–H and O–H groups in total. The molecule has 0 saturated heterocycles. The van der Waals surface area contributed by atoms with Crippen molar-refractivity contribution in [2.75, 3.05) is 0 Å². The van der Waals surface area contributed by atoms with Crippen LogP contribution in [-0.4, -0.2) is 20.4 Å². The van der Waals surface area contributed by atoms with Crippen molar-refractivity contribution in [2.24, 2.45) is 5.73 Å². The van der Waals surface area contributed by atoms with Crippen molar-refractivity contribution >= 4 is 16.9 Å². The molecule has 0 spiro atoms. The van der Waals surface area contributed by atoms with Crippen molar-refractivity contribution < 1.29 is 17.4 Å². The second-order valence-electron chi connectivity index (χ2n) is 1.98. The van der Waals surface area contributed by atoms with Gasteiger partial charge in [0.2, 0.25) is 5.91 Å². The average molecular weight is 195 g/mol. The molecule has 0 aliphatic carbocycles. The molecule has 0 fully saturated rings. The van der Waals surface area contributed by atoms with E-state index in [9.17, 15) is 13.2 Å². The maximum atomic E-state index is 9.62. The second-order valence-corrected chi connectivity index (χ2v) is 2.64. The van der Waals surface area contributed by atoms with E-state index in [4.69, 9.17) is 0 Å². The zero-order chi connectivity index (χ0) is 10.1. The molecule has 0 atom stereocenters. The van der Waals surface area contributed by atoms with E-state index in [1.807, 2.05) is 0 Å². The van der Waals surface area contributed by atoms with Crippen molar-refractivity contribution in [3.8, 4) is 0 Å². The first kappa shape index (κ1) is 13.7. The minimum absolute atomic E-state index is 0.221. The van der Waals surface area contributed by atoms with Crippen LogP contribution in [0.15, 0.2) is 12.7 Å². The predicted octanol–water partition coefficient (Wildman–Crippen LogP) is -0.405. The van der Waals surface area contributed by atoms with Gasteiger partial charge in [-0.05, 0) is 19.9 Å². The molecule has 0 aromatic heterocycles. The van der Waals surface area contributed by atoms with Crippen molar-refractivity contribution in [3.05, 3.63) is 12.7 Å². The van der Waals surface area contributed by atoms with E-state index in [1.165, 1.54) is 0 Å². The number of carbonyl (C=O) groups excluding carboxylic acids is 1. The van der Waals surface area contributed by atoms with Crippen LogP contribution in [0.5, 0.6) is 0 Å². The lowest BCUT2D eigenvalue weighted by atomic mass is 10.5. The number of carbonyl (C=O) groups is 1. The highest BCUT2D eigenvalue weighted by atomic mass is 32.2. The van der Waals surface area contributed by atoms with Crippen LogP contribution in [0.1, 0.15) is 13.8 Å². The minimum atomic E-state index is -2.64. The van der Waals surface area contributed by atoms with Crippen molar-refractivity contribution in [2.45, 2.75) is 20.0 Å². The maximum absolute atomic E-state index is 9.62. The van der Waals surface area contributed by atoms with E-state index in [1.54, 1.807) is 13.8 Å². The molecular formula is C6H13NO4S. The summed E-state index contributed by atoms with van der Waals surface area (Å²) in [4.78, 5) is 9.47. The lowest BCUT2D eigenvalue weighted by molar-refractivity contribution is -0.113. The second kappa shape index (κ2) is 8.22.